The number of halogens is 1. The van der Waals surface area contributed by atoms with E-state index in [1.807, 2.05) is 18.2 Å². The number of ether oxygens (including phenoxy) is 2. The minimum absolute atomic E-state index is 0.0276. The Morgan fingerprint density at radius 3 is 2.44 bits per heavy atom. The van der Waals surface area contributed by atoms with Gasteiger partial charge >= 0.3 is 0 Å². The van der Waals surface area contributed by atoms with Gasteiger partial charge in [-0.05, 0) is 23.1 Å². The molecule has 1 rings (SSSR count). The predicted molar refractivity (Wildman–Crippen MR) is 73.6 cm³/mol. The van der Waals surface area contributed by atoms with Crippen LogP contribution < -0.4 is 4.74 Å². The molecule has 0 aromatic heterocycles. The van der Waals surface area contributed by atoms with Gasteiger partial charge in [0.2, 0.25) is 0 Å². The summed E-state index contributed by atoms with van der Waals surface area (Å²) in [6.07, 6.45) is 0. The molecule has 1 N–H and O–H groups in total. The highest BCUT2D eigenvalue weighted by Crippen LogP contribution is 2.31. The second kappa shape index (κ2) is 6.98. The molecule has 0 fully saturated rings. The summed E-state index contributed by atoms with van der Waals surface area (Å²) in [6, 6.07) is 5.74. The molecular formula is C14H21ClO3. The Morgan fingerprint density at radius 1 is 1.17 bits per heavy atom. The molecule has 3 nitrogen and oxygen atoms in total. The first-order valence-corrected chi connectivity index (χ1v) is 6.44. The molecule has 1 aromatic rings. The van der Waals surface area contributed by atoms with Gasteiger partial charge in [-0.15, -0.1) is 0 Å². The Bertz CT molecular complexity index is 372. The Balaban J connectivity index is 2.52. The van der Waals surface area contributed by atoms with E-state index in [9.17, 15) is 0 Å². The lowest BCUT2D eigenvalue weighted by Crippen LogP contribution is -2.12. The van der Waals surface area contributed by atoms with Crippen LogP contribution in [0.5, 0.6) is 5.75 Å². The van der Waals surface area contributed by atoms with Crippen LogP contribution >= 0.6 is 11.6 Å². The van der Waals surface area contributed by atoms with Crippen molar-refractivity contribution in [1.82, 2.24) is 0 Å². The number of rotatable bonds is 6. The molecule has 0 amide bonds. The fourth-order valence-corrected chi connectivity index (χ4v) is 2.03. The van der Waals surface area contributed by atoms with Crippen molar-refractivity contribution >= 4 is 11.6 Å². The molecule has 0 saturated carbocycles. The number of hydrogen-bond donors (Lipinski definition) is 1. The monoisotopic (exact) mass is 272 g/mol. The van der Waals surface area contributed by atoms with Crippen LogP contribution in [0.3, 0.4) is 0 Å². The van der Waals surface area contributed by atoms with E-state index in [0.29, 0.717) is 19.8 Å². The van der Waals surface area contributed by atoms with Crippen molar-refractivity contribution < 1.29 is 14.6 Å². The van der Waals surface area contributed by atoms with Crippen LogP contribution in [0.25, 0.3) is 0 Å². The lowest BCUT2D eigenvalue weighted by molar-refractivity contribution is 0.0705. The van der Waals surface area contributed by atoms with Crippen LogP contribution in [0.4, 0.5) is 0 Å². The molecule has 0 spiro atoms. The maximum Gasteiger partial charge on any atom is 0.120 e. The van der Waals surface area contributed by atoms with E-state index >= 15 is 0 Å². The van der Waals surface area contributed by atoms with Gasteiger partial charge in [0.1, 0.15) is 12.4 Å². The smallest absolute Gasteiger partial charge is 0.120 e. The summed E-state index contributed by atoms with van der Waals surface area (Å²) >= 11 is 6.23. The van der Waals surface area contributed by atoms with E-state index in [-0.39, 0.29) is 12.0 Å². The first kappa shape index (κ1) is 15.3. The zero-order valence-corrected chi connectivity index (χ0v) is 12.0. The van der Waals surface area contributed by atoms with Crippen molar-refractivity contribution in [3.05, 3.63) is 28.8 Å². The van der Waals surface area contributed by atoms with Crippen LogP contribution in [0.15, 0.2) is 18.2 Å². The first-order valence-electron chi connectivity index (χ1n) is 6.06. The van der Waals surface area contributed by atoms with E-state index in [4.69, 9.17) is 26.2 Å². The molecule has 0 aliphatic heterocycles. The summed E-state index contributed by atoms with van der Waals surface area (Å²) in [7, 11) is 0. The minimum Gasteiger partial charge on any atom is -0.491 e. The summed E-state index contributed by atoms with van der Waals surface area (Å²) in [5.41, 5.74) is 1.13. The fourth-order valence-electron chi connectivity index (χ4n) is 1.58. The summed E-state index contributed by atoms with van der Waals surface area (Å²) in [4.78, 5) is 0. The van der Waals surface area contributed by atoms with Crippen LogP contribution in [-0.4, -0.2) is 31.5 Å². The SMILES string of the molecule is CC(C)(C)c1ccc(OCCOCCO)cc1Cl. The van der Waals surface area contributed by atoms with Crippen molar-refractivity contribution in [2.24, 2.45) is 0 Å². The maximum absolute atomic E-state index is 8.54. The van der Waals surface area contributed by atoms with E-state index in [1.54, 1.807) is 0 Å². The molecule has 1 aromatic carbocycles. The van der Waals surface area contributed by atoms with Crippen molar-refractivity contribution in [3.63, 3.8) is 0 Å². The van der Waals surface area contributed by atoms with Crippen LogP contribution in [-0.2, 0) is 10.2 Å². The Hall–Kier alpha value is -0.770. The van der Waals surface area contributed by atoms with Gasteiger partial charge in [0.15, 0.2) is 0 Å². The molecule has 0 saturated heterocycles. The number of aliphatic hydroxyl groups is 1. The highest BCUT2D eigenvalue weighted by Gasteiger charge is 2.17. The van der Waals surface area contributed by atoms with Crippen LogP contribution in [0.2, 0.25) is 5.02 Å². The Labute approximate surface area is 114 Å². The standard InChI is InChI=1S/C14H21ClO3/c1-14(2,3)12-5-4-11(10-13(12)15)18-9-8-17-7-6-16/h4-5,10,16H,6-9H2,1-3H3. The zero-order chi connectivity index (χ0) is 13.6. The summed E-state index contributed by atoms with van der Waals surface area (Å²) in [5, 5.41) is 9.26. The highest BCUT2D eigenvalue weighted by atomic mass is 35.5. The van der Waals surface area contributed by atoms with Gasteiger partial charge in [0.05, 0.1) is 19.8 Å². The minimum atomic E-state index is 0.0276. The second-order valence-electron chi connectivity index (χ2n) is 5.08. The average Bonchev–Trinajstić information content (AvgIpc) is 2.27. The molecular weight excluding hydrogens is 252 g/mol. The van der Waals surface area contributed by atoms with Gasteiger partial charge in [-0.2, -0.15) is 0 Å². The van der Waals surface area contributed by atoms with Crippen molar-refractivity contribution in [2.45, 2.75) is 26.2 Å². The third-order valence-electron chi connectivity index (χ3n) is 2.48. The summed E-state index contributed by atoms with van der Waals surface area (Å²) in [5.74, 6) is 0.737. The molecule has 0 radical (unpaired) electrons. The summed E-state index contributed by atoms with van der Waals surface area (Å²) < 4.78 is 10.6. The quantitative estimate of drug-likeness (QED) is 0.809. The van der Waals surface area contributed by atoms with Gasteiger partial charge in [-0.3, -0.25) is 0 Å². The van der Waals surface area contributed by atoms with Gasteiger partial charge < -0.3 is 14.6 Å². The van der Waals surface area contributed by atoms with E-state index in [0.717, 1.165) is 16.3 Å². The van der Waals surface area contributed by atoms with Crippen LogP contribution in [0, 0.1) is 0 Å². The van der Waals surface area contributed by atoms with Crippen molar-refractivity contribution in [1.29, 1.82) is 0 Å². The third kappa shape index (κ3) is 4.84. The third-order valence-corrected chi connectivity index (χ3v) is 2.79. The van der Waals surface area contributed by atoms with Gasteiger partial charge in [-0.1, -0.05) is 38.4 Å². The lowest BCUT2D eigenvalue weighted by atomic mass is 9.87. The van der Waals surface area contributed by atoms with E-state index in [2.05, 4.69) is 20.8 Å². The molecule has 102 valence electrons. The normalized spacial score (nSPS) is 11.6. The molecule has 0 atom stereocenters. The van der Waals surface area contributed by atoms with Crippen molar-refractivity contribution in [2.75, 3.05) is 26.4 Å². The molecule has 0 bridgehead atoms. The number of aliphatic hydroxyl groups excluding tert-OH is 1. The van der Waals surface area contributed by atoms with Gasteiger partial charge in [0, 0.05) is 5.02 Å². The zero-order valence-electron chi connectivity index (χ0n) is 11.2. The van der Waals surface area contributed by atoms with E-state index in [1.165, 1.54) is 0 Å². The van der Waals surface area contributed by atoms with E-state index < -0.39 is 0 Å². The predicted octanol–water partition coefficient (Wildman–Crippen LogP) is 3.03. The van der Waals surface area contributed by atoms with Crippen LogP contribution in [0.1, 0.15) is 26.3 Å². The summed E-state index contributed by atoms with van der Waals surface area (Å²) in [6.45, 7) is 7.65. The molecule has 4 heteroatoms. The fraction of sp³-hybridized carbons (Fsp3) is 0.571. The number of benzene rings is 1. The first-order chi connectivity index (χ1) is 8.45. The highest BCUT2D eigenvalue weighted by molar-refractivity contribution is 6.31. The topological polar surface area (TPSA) is 38.7 Å². The lowest BCUT2D eigenvalue weighted by Gasteiger charge is -2.21. The maximum atomic E-state index is 8.54. The molecule has 0 aliphatic carbocycles. The average molecular weight is 273 g/mol. The second-order valence-corrected chi connectivity index (χ2v) is 5.48. The van der Waals surface area contributed by atoms with Crippen molar-refractivity contribution in [3.8, 4) is 5.75 Å². The Kier molecular flexibility index (Phi) is 5.93. The molecule has 0 heterocycles. The largest absolute Gasteiger partial charge is 0.491 e. The van der Waals surface area contributed by atoms with Gasteiger partial charge in [-0.25, -0.2) is 0 Å². The Morgan fingerprint density at radius 2 is 1.89 bits per heavy atom. The number of hydrogen-bond acceptors (Lipinski definition) is 3. The molecule has 0 aliphatic rings. The molecule has 18 heavy (non-hydrogen) atoms. The molecule has 0 unspecified atom stereocenters. The van der Waals surface area contributed by atoms with Gasteiger partial charge in [0.25, 0.3) is 0 Å².